The molecule has 2 aromatic carbocycles. The first-order chi connectivity index (χ1) is 18.1. The number of hydrogen-bond donors (Lipinski definition) is 4. The minimum Gasteiger partial charge on any atom is -0.497 e. The van der Waals surface area contributed by atoms with Gasteiger partial charge in [0.2, 0.25) is 11.8 Å². The number of nitrogens with one attached hydrogen (secondary N) is 3. The maximum atomic E-state index is 13.7. The second kappa shape index (κ2) is 11.7. The molecular formula is C30H39N3O5. The van der Waals surface area contributed by atoms with Crippen molar-refractivity contribution in [2.24, 2.45) is 5.41 Å². The maximum absolute atomic E-state index is 13.7. The molecule has 1 saturated carbocycles. The van der Waals surface area contributed by atoms with Crippen LogP contribution in [-0.4, -0.2) is 60.1 Å². The summed E-state index contributed by atoms with van der Waals surface area (Å²) in [6.45, 7) is 4.18. The molecule has 1 heterocycles. The molecule has 4 N–H and O–H groups in total. The van der Waals surface area contributed by atoms with Gasteiger partial charge in [0, 0.05) is 11.8 Å². The van der Waals surface area contributed by atoms with E-state index in [1.165, 1.54) is 0 Å². The summed E-state index contributed by atoms with van der Waals surface area (Å²) in [4.78, 5) is 40.4. The van der Waals surface area contributed by atoms with E-state index in [1.807, 2.05) is 49.4 Å². The van der Waals surface area contributed by atoms with Crippen LogP contribution < -0.4 is 20.7 Å². The van der Waals surface area contributed by atoms with Crippen molar-refractivity contribution >= 4 is 17.6 Å². The Labute approximate surface area is 224 Å². The highest BCUT2D eigenvalue weighted by Gasteiger charge is 2.48. The second-order valence-electron chi connectivity index (χ2n) is 11.1. The van der Waals surface area contributed by atoms with Gasteiger partial charge in [-0.15, -0.1) is 0 Å². The van der Waals surface area contributed by atoms with Crippen molar-refractivity contribution < 1.29 is 24.2 Å². The van der Waals surface area contributed by atoms with E-state index in [4.69, 9.17) is 4.74 Å². The van der Waals surface area contributed by atoms with Gasteiger partial charge in [0.1, 0.15) is 17.8 Å². The van der Waals surface area contributed by atoms with Crippen LogP contribution in [0.4, 0.5) is 0 Å². The van der Waals surface area contributed by atoms with Gasteiger partial charge in [0.05, 0.1) is 18.8 Å². The zero-order chi connectivity index (χ0) is 27.3. The molecule has 0 spiro atoms. The summed E-state index contributed by atoms with van der Waals surface area (Å²) in [5.41, 5.74) is 0.130. The third-order valence-corrected chi connectivity index (χ3v) is 7.83. The highest BCUT2D eigenvalue weighted by Crippen LogP contribution is 2.46. The Bertz CT molecular complexity index is 1130. The van der Waals surface area contributed by atoms with Crippen LogP contribution in [-0.2, 0) is 27.2 Å². The van der Waals surface area contributed by atoms with Gasteiger partial charge in [0.15, 0.2) is 5.78 Å². The second-order valence-corrected chi connectivity index (χ2v) is 11.1. The highest BCUT2D eigenvalue weighted by atomic mass is 16.5. The van der Waals surface area contributed by atoms with Gasteiger partial charge in [-0.25, -0.2) is 0 Å². The Hall–Kier alpha value is -3.23. The van der Waals surface area contributed by atoms with Crippen LogP contribution in [0.2, 0.25) is 0 Å². The van der Waals surface area contributed by atoms with Crippen molar-refractivity contribution in [2.75, 3.05) is 13.7 Å². The lowest BCUT2D eigenvalue weighted by atomic mass is 9.87. The van der Waals surface area contributed by atoms with Crippen LogP contribution >= 0.6 is 0 Å². The van der Waals surface area contributed by atoms with E-state index in [-0.39, 0.29) is 12.2 Å². The van der Waals surface area contributed by atoms with Crippen molar-refractivity contribution in [3.63, 3.8) is 0 Å². The van der Waals surface area contributed by atoms with Crippen LogP contribution in [0, 0.1) is 5.41 Å². The molecule has 4 atom stereocenters. The normalized spacial score (nSPS) is 23.5. The first kappa shape index (κ1) is 27.8. The van der Waals surface area contributed by atoms with E-state index in [1.54, 1.807) is 26.2 Å². The molecule has 204 valence electrons. The number of ether oxygens (including phenoxy) is 1. The first-order valence-electron chi connectivity index (χ1n) is 13.4. The molecule has 1 saturated heterocycles. The SMILES string of the molecule is COc1ccc(C[C@H](NC(=O)[C@@H]2NCCC[C@]2(C)O)C(=O)N[C@@H](Cc2ccccc2)C(=O)C2(C)CC2)cc1. The average molecular weight is 522 g/mol. The lowest BCUT2D eigenvalue weighted by Crippen LogP contribution is -2.63. The van der Waals surface area contributed by atoms with E-state index in [0.29, 0.717) is 25.1 Å². The number of piperidine rings is 1. The summed E-state index contributed by atoms with van der Waals surface area (Å²) in [7, 11) is 1.58. The fourth-order valence-corrected chi connectivity index (χ4v) is 5.08. The van der Waals surface area contributed by atoms with Crippen LogP contribution in [0.25, 0.3) is 0 Å². The first-order valence-corrected chi connectivity index (χ1v) is 13.4. The van der Waals surface area contributed by atoms with Gasteiger partial charge in [-0.2, -0.15) is 0 Å². The van der Waals surface area contributed by atoms with Crippen LogP contribution in [0.15, 0.2) is 54.6 Å². The summed E-state index contributed by atoms with van der Waals surface area (Å²) in [5.74, 6) is -0.167. The Morgan fingerprint density at radius 2 is 1.58 bits per heavy atom. The predicted molar refractivity (Wildman–Crippen MR) is 145 cm³/mol. The van der Waals surface area contributed by atoms with E-state index < -0.39 is 41.0 Å². The molecule has 0 bridgehead atoms. The van der Waals surface area contributed by atoms with Gasteiger partial charge < -0.3 is 25.8 Å². The number of amides is 2. The number of hydrogen-bond acceptors (Lipinski definition) is 6. The number of benzene rings is 2. The highest BCUT2D eigenvalue weighted by molar-refractivity contribution is 5.97. The Balaban J connectivity index is 1.55. The summed E-state index contributed by atoms with van der Waals surface area (Å²) in [6, 6.07) is 14.4. The molecule has 4 rings (SSSR count). The number of rotatable bonds is 11. The molecular weight excluding hydrogens is 482 g/mol. The largest absolute Gasteiger partial charge is 0.497 e. The summed E-state index contributed by atoms with van der Waals surface area (Å²) >= 11 is 0. The molecule has 0 unspecified atom stereocenters. The Morgan fingerprint density at radius 1 is 0.947 bits per heavy atom. The lowest BCUT2D eigenvalue weighted by molar-refractivity contribution is -0.136. The molecule has 8 heteroatoms. The van der Waals surface area contributed by atoms with Crippen LogP contribution in [0.3, 0.4) is 0 Å². The third-order valence-electron chi connectivity index (χ3n) is 7.83. The number of carbonyl (C=O) groups excluding carboxylic acids is 3. The van der Waals surface area contributed by atoms with Gasteiger partial charge in [-0.1, -0.05) is 49.4 Å². The summed E-state index contributed by atoms with van der Waals surface area (Å²) in [5, 5.41) is 19.7. The molecule has 2 fully saturated rings. The van der Waals surface area contributed by atoms with Gasteiger partial charge in [-0.3, -0.25) is 14.4 Å². The van der Waals surface area contributed by atoms with Crippen molar-refractivity contribution in [1.82, 2.24) is 16.0 Å². The van der Waals surface area contributed by atoms with Crippen molar-refractivity contribution in [1.29, 1.82) is 0 Å². The predicted octanol–water partition coefficient (Wildman–Crippen LogP) is 2.32. The summed E-state index contributed by atoms with van der Waals surface area (Å²) < 4.78 is 5.24. The molecule has 8 nitrogen and oxygen atoms in total. The molecule has 2 aliphatic rings. The Morgan fingerprint density at radius 3 is 2.18 bits per heavy atom. The average Bonchev–Trinajstić information content (AvgIpc) is 3.66. The molecule has 1 aliphatic heterocycles. The van der Waals surface area contributed by atoms with E-state index in [0.717, 1.165) is 30.4 Å². The quantitative estimate of drug-likeness (QED) is 0.361. The molecule has 1 aliphatic carbocycles. The number of methoxy groups -OCH3 is 1. The summed E-state index contributed by atoms with van der Waals surface area (Å²) in [6.07, 6.45) is 3.46. The van der Waals surface area contributed by atoms with Crippen molar-refractivity contribution in [2.45, 2.75) is 76.1 Å². The maximum Gasteiger partial charge on any atom is 0.243 e. The zero-order valence-electron chi connectivity index (χ0n) is 22.5. The fraction of sp³-hybridized carbons (Fsp3) is 0.500. The number of Topliss-reactive ketones (excluding diaryl/α,β-unsaturated/α-hetero) is 1. The minimum atomic E-state index is -1.23. The van der Waals surface area contributed by atoms with Crippen molar-refractivity contribution in [3.8, 4) is 5.75 Å². The molecule has 38 heavy (non-hydrogen) atoms. The monoisotopic (exact) mass is 521 g/mol. The third kappa shape index (κ3) is 6.79. The molecule has 0 radical (unpaired) electrons. The van der Waals surface area contributed by atoms with Crippen LogP contribution in [0.1, 0.15) is 50.7 Å². The lowest BCUT2D eigenvalue weighted by Gasteiger charge is -2.37. The van der Waals surface area contributed by atoms with Gasteiger partial charge >= 0.3 is 0 Å². The van der Waals surface area contributed by atoms with E-state index in [9.17, 15) is 19.5 Å². The zero-order valence-corrected chi connectivity index (χ0v) is 22.5. The van der Waals surface area contributed by atoms with Gasteiger partial charge in [-0.05, 0) is 68.8 Å². The van der Waals surface area contributed by atoms with E-state index >= 15 is 0 Å². The molecule has 2 amide bonds. The topological polar surface area (TPSA) is 117 Å². The smallest absolute Gasteiger partial charge is 0.243 e. The van der Waals surface area contributed by atoms with Gasteiger partial charge in [0.25, 0.3) is 0 Å². The fourth-order valence-electron chi connectivity index (χ4n) is 5.08. The number of aliphatic hydroxyl groups is 1. The number of carbonyl (C=O) groups is 3. The molecule has 2 aromatic rings. The van der Waals surface area contributed by atoms with Crippen LogP contribution in [0.5, 0.6) is 5.75 Å². The standard InChI is InChI=1S/C30H39N3O5/c1-29(15-16-29)26(34)23(18-20-8-5-4-6-9-20)32-27(35)24(19-21-10-12-22(38-3)13-11-21)33-28(36)25-30(2,37)14-7-17-31-25/h4-6,8-13,23-25,31,37H,7,14-19H2,1-3H3,(H,32,35)(H,33,36)/t23-,24-,25-,30-/m0/s1. The minimum absolute atomic E-state index is 0.0149. The Kier molecular flexibility index (Phi) is 8.53. The van der Waals surface area contributed by atoms with Crippen molar-refractivity contribution in [3.05, 3.63) is 65.7 Å². The van der Waals surface area contributed by atoms with E-state index in [2.05, 4.69) is 16.0 Å². The molecule has 0 aromatic heterocycles. The number of ketones is 1.